The normalized spacial score (nSPS) is 11.0. The second-order valence-electron chi connectivity index (χ2n) is 7.76. The van der Waals surface area contributed by atoms with E-state index in [2.05, 4.69) is 20.3 Å². The van der Waals surface area contributed by atoms with Crippen molar-refractivity contribution in [2.75, 3.05) is 19.1 Å². The van der Waals surface area contributed by atoms with Gasteiger partial charge in [0.2, 0.25) is 11.8 Å². The maximum Gasteiger partial charge on any atom is 0.258 e. The minimum atomic E-state index is -0.339. The molecule has 0 amide bonds. The first-order chi connectivity index (χ1) is 16.9. The lowest BCUT2D eigenvalue weighted by molar-refractivity contribution is 0.414. The highest BCUT2D eigenvalue weighted by Gasteiger charge is 2.20. The zero-order valence-corrected chi connectivity index (χ0v) is 19.1. The van der Waals surface area contributed by atoms with Crippen molar-refractivity contribution in [3.63, 3.8) is 0 Å². The molecule has 0 unspecified atom stereocenters. The van der Waals surface area contributed by atoms with Crippen LogP contribution in [0.5, 0.6) is 5.75 Å². The maximum atomic E-state index is 13.3. The summed E-state index contributed by atoms with van der Waals surface area (Å²) >= 11 is 0. The zero-order valence-electron chi connectivity index (χ0n) is 19.1. The number of nitrogens with zero attached hydrogens (tertiary/aromatic N) is 6. The summed E-state index contributed by atoms with van der Waals surface area (Å²) in [4.78, 5) is 6.23. The first-order valence-corrected chi connectivity index (χ1v) is 10.6. The molecule has 0 saturated heterocycles. The van der Waals surface area contributed by atoms with Gasteiger partial charge in [0, 0.05) is 30.9 Å². The number of hydrogen-bond donors (Lipinski definition) is 0. The van der Waals surface area contributed by atoms with Gasteiger partial charge in [0.1, 0.15) is 17.4 Å². The molecule has 35 heavy (non-hydrogen) atoms. The third-order valence-corrected chi connectivity index (χ3v) is 5.58. The fourth-order valence-electron chi connectivity index (χ4n) is 3.69. The summed E-state index contributed by atoms with van der Waals surface area (Å²) in [7, 11) is 5.23. The highest BCUT2D eigenvalue weighted by molar-refractivity contribution is 5.72. The molecule has 0 aliphatic carbocycles. The molecule has 8 nitrogen and oxygen atoms in total. The second kappa shape index (κ2) is 8.98. The summed E-state index contributed by atoms with van der Waals surface area (Å²) in [6.45, 7) is 0. The summed E-state index contributed by atoms with van der Waals surface area (Å²) in [6, 6.07) is 17.4. The van der Waals surface area contributed by atoms with Gasteiger partial charge >= 0.3 is 0 Å². The van der Waals surface area contributed by atoms with Gasteiger partial charge < -0.3 is 14.2 Å². The average molecular weight is 474 g/mol. The van der Waals surface area contributed by atoms with Crippen molar-refractivity contribution < 1.29 is 18.0 Å². The molecular weight excluding hydrogens is 454 g/mol. The van der Waals surface area contributed by atoms with E-state index in [1.54, 1.807) is 37.4 Å². The minimum Gasteiger partial charge on any atom is -0.496 e. The first-order valence-electron chi connectivity index (χ1n) is 10.6. The van der Waals surface area contributed by atoms with Crippen LogP contribution in [0.1, 0.15) is 0 Å². The van der Waals surface area contributed by atoms with Crippen LogP contribution in [-0.4, -0.2) is 39.1 Å². The molecule has 2 aromatic heterocycles. The van der Waals surface area contributed by atoms with E-state index in [0.29, 0.717) is 45.9 Å². The van der Waals surface area contributed by atoms with Gasteiger partial charge in [-0.25, -0.2) is 8.78 Å². The lowest BCUT2D eigenvalue weighted by Gasteiger charge is -2.18. The van der Waals surface area contributed by atoms with Crippen LogP contribution in [0.4, 0.5) is 20.4 Å². The molecule has 3 aromatic carbocycles. The van der Waals surface area contributed by atoms with Gasteiger partial charge in [-0.3, -0.25) is 4.57 Å². The highest BCUT2D eigenvalue weighted by Crippen LogP contribution is 2.35. The van der Waals surface area contributed by atoms with Crippen LogP contribution in [0.15, 0.2) is 71.3 Å². The third-order valence-electron chi connectivity index (χ3n) is 5.58. The molecule has 5 rings (SSSR count). The monoisotopic (exact) mass is 474 g/mol. The van der Waals surface area contributed by atoms with Gasteiger partial charge in [-0.2, -0.15) is 4.98 Å². The zero-order chi connectivity index (χ0) is 24.5. The Hall–Kier alpha value is -4.60. The minimum absolute atomic E-state index is 0.295. The Morgan fingerprint density at radius 3 is 2.23 bits per heavy atom. The fourth-order valence-corrected chi connectivity index (χ4v) is 3.69. The largest absolute Gasteiger partial charge is 0.496 e. The Labute approximate surface area is 199 Å². The van der Waals surface area contributed by atoms with E-state index < -0.39 is 0 Å². The van der Waals surface area contributed by atoms with Crippen molar-refractivity contribution in [3.05, 3.63) is 78.4 Å². The van der Waals surface area contributed by atoms with Gasteiger partial charge in [0.15, 0.2) is 5.82 Å². The van der Waals surface area contributed by atoms with E-state index in [1.165, 1.54) is 24.3 Å². The van der Waals surface area contributed by atoms with Gasteiger partial charge in [-0.15, -0.1) is 10.2 Å². The van der Waals surface area contributed by atoms with Crippen molar-refractivity contribution in [1.29, 1.82) is 0 Å². The van der Waals surface area contributed by atoms with Crippen LogP contribution < -0.4 is 9.64 Å². The lowest BCUT2D eigenvalue weighted by Crippen LogP contribution is -2.14. The van der Waals surface area contributed by atoms with Gasteiger partial charge in [-0.1, -0.05) is 5.16 Å². The summed E-state index contributed by atoms with van der Waals surface area (Å²) < 4.78 is 39.4. The molecule has 176 valence electrons. The van der Waals surface area contributed by atoms with Crippen molar-refractivity contribution in [2.24, 2.45) is 7.05 Å². The lowest BCUT2D eigenvalue weighted by atomic mass is 10.1. The van der Waals surface area contributed by atoms with E-state index in [9.17, 15) is 8.78 Å². The molecule has 2 heterocycles. The quantitative estimate of drug-likeness (QED) is 0.332. The number of halogens is 2. The number of rotatable bonds is 6. The summed E-state index contributed by atoms with van der Waals surface area (Å²) in [5, 5.41) is 12.7. The number of aromatic nitrogens is 5. The highest BCUT2D eigenvalue weighted by atomic mass is 19.1. The molecule has 5 aromatic rings. The van der Waals surface area contributed by atoms with Crippen LogP contribution >= 0.6 is 0 Å². The van der Waals surface area contributed by atoms with Crippen molar-refractivity contribution in [3.8, 4) is 40.0 Å². The Balaban J connectivity index is 1.46. The Bertz CT molecular complexity index is 1480. The van der Waals surface area contributed by atoms with Gasteiger partial charge in [-0.05, 0) is 66.7 Å². The molecule has 0 N–H and O–H groups in total. The van der Waals surface area contributed by atoms with E-state index in [1.807, 2.05) is 35.7 Å². The Morgan fingerprint density at radius 1 is 0.886 bits per heavy atom. The molecule has 0 spiro atoms. The van der Waals surface area contributed by atoms with Gasteiger partial charge in [0.25, 0.3) is 5.89 Å². The van der Waals surface area contributed by atoms with Crippen LogP contribution in [0.25, 0.3) is 34.2 Å². The van der Waals surface area contributed by atoms with Crippen LogP contribution in [0.2, 0.25) is 0 Å². The van der Waals surface area contributed by atoms with Crippen molar-refractivity contribution in [2.45, 2.75) is 0 Å². The topological polar surface area (TPSA) is 82.1 Å². The number of anilines is 2. The van der Waals surface area contributed by atoms with Crippen molar-refractivity contribution in [1.82, 2.24) is 24.9 Å². The summed E-state index contributed by atoms with van der Waals surface area (Å²) in [6.07, 6.45) is 0. The molecule has 0 saturated carbocycles. The molecule has 0 aliphatic rings. The number of methoxy groups -OCH3 is 1. The number of benzene rings is 3. The first kappa shape index (κ1) is 22.2. The second-order valence-corrected chi connectivity index (χ2v) is 7.76. The average Bonchev–Trinajstić information content (AvgIpc) is 3.51. The Morgan fingerprint density at radius 2 is 1.54 bits per heavy atom. The molecule has 0 atom stereocenters. The molecule has 0 fully saturated rings. The SMILES string of the molecule is COc1cc(-c2nc(-c3ccc(F)cc3)no2)ccc1-c1nnc(N(C)c2ccc(F)cc2)n1C. The summed E-state index contributed by atoms with van der Waals surface area (Å²) in [5.41, 5.74) is 2.77. The predicted octanol–water partition coefficient (Wildman–Crippen LogP) is 5.25. The van der Waals surface area contributed by atoms with Gasteiger partial charge in [0.05, 0.1) is 12.7 Å². The standard InChI is InChI=1S/C25H20F2N6O2/c1-32(19-11-9-18(27)10-12-19)25-30-29-23(33(25)2)20-13-6-16(14-21(20)34-3)24-28-22(31-35-24)15-4-7-17(26)8-5-15/h4-14H,1-3H3. The van der Waals surface area contributed by atoms with Crippen LogP contribution in [0.3, 0.4) is 0 Å². The van der Waals surface area contributed by atoms with Crippen LogP contribution in [0, 0.1) is 11.6 Å². The molecule has 0 radical (unpaired) electrons. The van der Waals surface area contributed by atoms with Crippen molar-refractivity contribution >= 4 is 11.6 Å². The number of ether oxygens (including phenoxy) is 1. The third kappa shape index (κ3) is 4.21. The predicted molar refractivity (Wildman–Crippen MR) is 126 cm³/mol. The van der Waals surface area contributed by atoms with E-state index in [4.69, 9.17) is 9.26 Å². The maximum absolute atomic E-state index is 13.3. The van der Waals surface area contributed by atoms with E-state index in [0.717, 1.165) is 5.69 Å². The van der Waals surface area contributed by atoms with E-state index in [-0.39, 0.29) is 11.6 Å². The number of hydrogen-bond acceptors (Lipinski definition) is 7. The van der Waals surface area contributed by atoms with Crippen LogP contribution in [-0.2, 0) is 7.05 Å². The van der Waals surface area contributed by atoms with E-state index >= 15 is 0 Å². The molecule has 0 aliphatic heterocycles. The molecule has 10 heteroatoms. The summed E-state index contributed by atoms with van der Waals surface area (Å²) in [5.74, 6) is 1.68. The molecular formula is C25H20F2N6O2. The fraction of sp³-hybridized carbons (Fsp3) is 0.120. The molecule has 0 bridgehead atoms. The Kier molecular flexibility index (Phi) is 5.69. The smallest absolute Gasteiger partial charge is 0.258 e.